The standard InChI is InChI=1S/C19H25N3O3/c1-22(12-13-6-2-5-9-17(13)23)19(25)20-11-14-10-18(24)21-16-8-4-3-7-15(14)16/h3-4,7-8,10,13,17,23H,2,5-6,9,11-12H2,1H3,(H,20,25)(H,21,24)/t13-,17+/m1/s1. The third-order valence-corrected chi connectivity index (χ3v) is 4.99. The second kappa shape index (κ2) is 7.70. The molecule has 25 heavy (non-hydrogen) atoms. The monoisotopic (exact) mass is 343 g/mol. The van der Waals surface area contributed by atoms with Gasteiger partial charge in [0.15, 0.2) is 0 Å². The lowest BCUT2D eigenvalue weighted by atomic mass is 9.86. The van der Waals surface area contributed by atoms with Crippen molar-refractivity contribution in [1.82, 2.24) is 15.2 Å². The van der Waals surface area contributed by atoms with Crippen molar-refractivity contribution < 1.29 is 9.90 Å². The van der Waals surface area contributed by atoms with Crippen molar-refractivity contribution in [3.63, 3.8) is 0 Å². The van der Waals surface area contributed by atoms with E-state index in [4.69, 9.17) is 0 Å². The molecule has 6 heteroatoms. The Labute approximate surface area is 146 Å². The number of H-pyrrole nitrogens is 1. The Hall–Kier alpha value is -2.34. The maximum Gasteiger partial charge on any atom is 0.317 e. The van der Waals surface area contributed by atoms with Crippen LogP contribution in [0.1, 0.15) is 31.2 Å². The van der Waals surface area contributed by atoms with E-state index in [1.807, 2.05) is 24.3 Å². The molecule has 1 aromatic heterocycles. The Morgan fingerprint density at radius 3 is 2.88 bits per heavy atom. The number of nitrogens with one attached hydrogen (secondary N) is 2. The summed E-state index contributed by atoms with van der Waals surface area (Å²) in [6.45, 7) is 0.837. The van der Waals surface area contributed by atoms with Crippen molar-refractivity contribution >= 4 is 16.9 Å². The number of urea groups is 1. The Morgan fingerprint density at radius 2 is 2.08 bits per heavy atom. The summed E-state index contributed by atoms with van der Waals surface area (Å²) in [6.07, 6.45) is 3.62. The van der Waals surface area contributed by atoms with E-state index < -0.39 is 0 Å². The molecule has 2 atom stereocenters. The zero-order valence-electron chi connectivity index (χ0n) is 14.5. The van der Waals surface area contributed by atoms with Gasteiger partial charge in [0.05, 0.1) is 6.10 Å². The van der Waals surface area contributed by atoms with Gasteiger partial charge in [-0.05, 0) is 24.5 Å². The highest BCUT2D eigenvalue weighted by molar-refractivity contribution is 5.82. The molecule has 1 aliphatic rings. The summed E-state index contributed by atoms with van der Waals surface area (Å²) in [5.41, 5.74) is 1.37. The number of rotatable bonds is 4. The van der Waals surface area contributed by atoms with Gasteiger partial charge in [0.2, 0.25) is 5.56 Å². The number of aromatic amines is 1. The van der Waals surface area contributed by atoms with Gasteiger partial charge >= 0.3 is 6.03 Å². The number of hydrogen-bond acceptors (Lipinski definition) is 3. The van der Waals surface area contributed by atoms with Crippen LogP contribution in [0, 0.1) is 5.92 Å². The zero-order valence-corrected chi connectivity index (χ0v) is 14.5. The topological polar surface area (TPSA) is 85.4 Å². The van der Waals surface area contributed by atoms with E-state index in [9.17, 15) is 14.7 Å². The summed E-state index contributed by atoms with van der Waals surface area (Å²) in [6, 6.07) is 8.87. The fourth-order valence-electron chi connectivity index (χ4n) is 3.56. The molecule has 0 aliphatic heterocycles. The summed E-state index contributed by atoms with van der Waals surface area (Å²) < 4.78 is 0. The first-order chi connectivity index (χ1) is 12.0. The first kappa shape index (κ1) is 17.5. The van der Waals surface area contributed by atoms with Crippen LogP contribution in [0.15, 0.2) is 35.1 Å². The highest BCUT2D eigenvalue weighted by Gasteiger charge is 2.25. The number of benzene rings is 1. The number of aliphatic hydroxyl groups excluding tert-OH is 1. The molecule has 1 saturated carbocycles. The van der Waals surface area contributed by atoms with Gasteiger partial charge in [0, 0.05) is 43.0 Å². The van der Waals surface area contributed by atoms with E-state index >= 15 is 0 Å². The molecule has 0 saturated heterocycles. The third-order valence-electron chi connectivity index (χ3n) is 4.99. The van der Waals surface area contributed by atoms with Gasteiger partial charge in [0.1, 0.15) is 0 Å². The smallest absolute Gasteiger partial charge is 0.317 e. The number of aromatic nitrogens is 1. The van der Waals surface area contributed by atoms with E-state index in [1.54, 1.807) is 11.9 Å². The molecule has 2 amide bonds. The van der Waals surface area contributed by atoms with Crippen molar-refractivity contribution in [2.24, 2.45) is 5.92 Å². The van der Waals surface area contributed by atoms with Gasteiger partial charge in [-0.2, -0.15) is 0 Å². The van der Waals surface area contributed by atoms with E-state index in [0.717, 1.165) is 42.1 Å². The Balaban J connectivity index is 1.63. The fraction of sp³-hybridized carbons (Fsp3) is 0.474. The highest BCUT2D eigenvalue weighted by Crippen LogP contribution is 2.24. The predicted octanol–water partition coefficient (Wildman–Crippen LogP) is 2.22. The molecule has 1 heterocycles. The SMILES string of the molecule is CN(C[C@H]1CCCC[C@@H]1O)C(=O)NCc1cc(=O)[nH]c2ccccc12. The average molecular weight is 343 g/mol. The number of para-hydroxylation sites is 1. The van der Waals surface area contributed by atoms with Crippen LogP contribution >= 0.6 is 0 Å². The minimum atomic E-state index is -0.319. The number of carbonyl (C=O) groups excluding carboxylic acids is 1. The van der Waals surface area contributed by atoms with Crippen molar-refractivity contribution in [3.05, 3.63) is 46.2 Å². The highest BCUT2D eigenvalue weighted by atomic mass is 16.3. The van der Waals surface area contributed by atoms with Crippen molar-refractivity contribution in [2.75, 3.05) is 13.6 Å². The quantitative estimate of drug-likeness (QED) is 0.796. The normalized spacial score (nSPS) is 20.4. The molecule has 1 aromatic carbocycles. The third kappa shape index (κ3) is 4.20. The second-order valence-electron chi connectivity index (χ2n) is 6.86. The zero-order chi connectivity index (χ0) is 17.8. The number of carbonyl (C=O) groups is 1. The van der Waals surface area contributed by atoms with Gasteiger partial charge < -0.3 is 20.3 Å². The van der Waals surface area contributed by atoms with Crippen molar-refractivity contribution in [3.8, 4) is 0 Å². The predicted molar refractivity (Wildman–Crippen MR) is 97.4 cm³/mol. The molecular formula is C19H25N3O3. The molecule has 0 spiro atoms. The first-order valence-corrected chi connectivity index (χ1v) is 8.82. The fourth-order valence-corrected chi connectivity index (χ4v) is 3.56. The van der Waals surface area contributed by atoms with Crippen LogP contribution in [0.4, 0.5) is 4.79 Å². The lowest BCUT2D eigenvalue weighted by molar-refractivity contribution is 0.0565. The largest absolute Gasteiger partial charge is 0.393 e. The molecule has 0 bridgehead atoms. The molecule has 1 aliphatic carbocycles. The summed E-state index contributed by atoms with van der Waals surface area (Å²) >= 11 is 0. The molecule has 2 aromatic rings. The summed E-state index contributed by atoms with van der Waals surface area (Å²) in [5.74, 6) is 0.143. The van der Waals surface area contributed by atoms with E-state index in [0.29, 0.717) is 13.1 Å². The van der Waals surface area contributed by atoms with Gasteiger partial charge in [0.25, 0.3) is 0 Å². The number of hydrogen-bond donors (Lipinski definition) is 3. The summed E-state index contributed by atoms with van der Waals surface area (Å²) in [5, 5.41) is 13.9. The maximum absolute atomic E-state index is 12.4. The maximum atomic E-state index is 12.4. The first-order valence-electron chi connectivity index (χ1n) is 8.82. The van der Waals surface area contributed by atoms with E-state index in [1.165, 1.54) is 6.07 Å². The summed E-state index contributed by atoms with van der Waals surface area (Å²) in [7, 11) is 1.74. The van der Waals surface area contributed by atoms with Crippen LogP contribution in [0.5, 0.6) is 0 Å². The molecular weight excluding hydrogens is 318 g/mol. The van der Waals surface area contributed by atoms with Crippen LogP contribution in [0.2, 0.25) is 0 Å². The minimum Gasteiger partial charge on any atom is -0.393 e. The van der Waals surface area contributed by atoms with Crippen molar-refractivity contribution in [1.29, 1.82) is 0 Å². The van der Waals surface area contributed by atoms with E-state index in [2.05, 4.69) is 10.3 Å². The van der Waals surface area contributed by atoms with Gasteiger partial charge in [-0.25, -0.2) is 4.79 Å². The van der Waals surface area contributed by atoms with Crippen LogP contribution < -0.4 is 10.9 Å². The van der Waals surface area contributed by atoms with E-state index in [-0.39, 0.29) is 23.6 Å². The Kier molecular flexibility index (Phi) is 5.38. The van der Waals surface area contributed by atoms with Gasteiger partial charge in [-0.3, -0.25) is 4.79 Å². The second-order valence-corrected chi connectivity index (χ2v) is 6.86. The lowest BCUT2D eigenvalue weighted by Crippen LogP contribution is -2.42. The van der Waals surface area contributed by atoms with Crippen LogP contribution in [0.25, 0.3) is 10.9 Å². The molecule has 3 rings (SSSR count). The van der Waals surface area contributed by atoms with Gasteiger partial charge in [-0.1, -0.05) is 31.0 Å². The number of amides is 2. The average Bonchev–Trinajstić information content (AvgIpc) is 2.61. The molecule has 1 fully saturated rings. The lowest BCUT2D eigenvalue weighted by Gasteiger charge is -2.31. The number of fused-ring (bicyclic) bond motifs is 1. The number of pyridine rings is 1. The van der Waals surface area contributed by atoms with Crippen LogP contribution in [-0.2, 0) is 6.54 Å². The number of aliphatic hydroxyl groups is 1. The molecule has 6 nitrogen and oxygen atoms in total. The Bertz CT molecular complexity index is 802. The molecule has 3 N–H and O–H groups in total. The van der Waals surface area contributed by atoms with Gasteiger partial charge in [-0.15, -0.1) is 0 Å². The Morgan fingerprint density at radius 1 is 1.32 bits per heavy atom. The van der Waals surface area contributed by atoms with Crippen LogP contribution in [-0.4, -0.2) is 40.7 Å². The minimum absolute atomic E-state index is 0.143. The van der Waals surface area contributed by atoms with Crippen molar-refractivity contribution in [2.45, 2.75) is 38.3 Å². The van der Waals surface area contributed by atoms with Crippen LogP contribution in [0.3, 0.4) is 0 Å². The molecule has 134 valence electrons. The molecule has 0 radical (unpaired) electrons. The summed E-state index contributed by atoms with van der Waals surface area (Å²) in [4.78, 5) is 28.6. The molecule has 0 unspecified atom stereocenters. The number of nitrogens with zero attached hydrogens (tertiary/aromatic N) is 1.